The summed E-state index contributed by atoms with van der Waals surface area (Å²) in [5, 5.41) is 10.8. The molecule has 0 saturated carbocycles. The molecule has 0 aromatic heterocycles. The van der Waals surface area contributed by atoms with Crippen LogP contribution in [0, 0.1) is 10.1 Å². The molecule has 0 unspecified atom stereocenters. The van der Waals surface area contributed by atoms with E-state index in [4.69, 9.17) is 5.73 Å². The van der Waals surface area contributed by atoms with Gasteiger partial charge in [-0.15, -0.1) is 0 Å². The predicted octanol–water partition coefficient (Wildman–Crippen LogP) is 0.591. The van der Waals surface area contributed by atoms with E-state index in [0.717, 1.165) is 5.69 Å². The lowest BCUT2D eigenvalue weighted by Crippen LogP contribution is -2.52. The Morgan fingerprint density at radius 1 is 1.35 bits per heavy atom. The number of carbonyl (C=O) groups excluding carboxylic acids is 1. The second-order valence-corrected chi connectivity index (χ2v) is 4.88. The normalized spacial score (nSPS) is 16.9. The number of hydrogen-bond donors (Lipinski definition) is 1. The van der Waals surface area contributed by atoms with E-state index in [1.165, 1.54) is 6.07 Å². The minimum absolute atomic E-state index is 0.0521. The highest BCUT2D eigenvalue weighted by atomic mass is 16.6. The molecule has 1 heterocycles. The number of amides is 1. The summed E-state index contributed by atoms with van der Waals surface area (Å²) in [5.41, 5.74) is 6.48. The second kappa shape index (κ2) is 5.87. The Balaban J connectivity index is 2.02. The first-order chi connectivity index (χ1) is 9.49. The van der Waals surface area contributed by atoms with Gasteiger partial charge in [-0.3, -0.25) is 14.9 Å². The van der Waals surface area contributed by atoms with Gasteiger partial charge in [0, 0.05) is 44.0 Å². The van der Waals surface area contributed by atoms with Gasteiger partial charge in [0.1, 0.15) is 0 Å². The molecule has 2 rings (SSSR count). The van der Waals surface area contributed by atoms with Crippen molar-refractivity contribution in [3.05, 3.63) is 34.4 Å². The van der Waals surface area contributed by atoms with Gasteiger partial charge < -0.3 is 15.5 Å². The van der Waals surface area contributed by atoms with Crippen LogP contribution in [0.3, 0.4) is 0 Å². The van der Waals surface area contributed by atoms with E-state index < -0.39 is 11.0 Å². The standard InChI is InChI=1S/C13H18N4O3/c1-10(14)13(18)16-7-5-15(6-8-16)11-3-2-4-12(9-11)17(19)20/h2-4,9-10H,5-8,14H2,1H3/t10-/m0/s1. The predicted molar refractivity (Wildman–Crippen MR) is 75.5 cm³/mol. The van der Waals surface area contributed by atoms with Crippen molar-refractivity contribution in [1.82, 2.24) is 4.90 Å². The lowest BCUT2D eigenvalue weighted by Gasteiger charge is -2.36. The third-order valence-electron chi connectivity index (χ3n) is 3.39. The van der Waals surface area contributed by atoms with E-state index in [-0.39, 0.29) is 11.6 Å². The van der Waals surface area contributed by atoms with Gasteiger partial charge >= 0.3 is 0 Å². The van der Waals surface area contributed by atoms with Crippen LogP contribution in [0.2, 0.25) is 0 Å². The molecule has 1 fully saturated rings. The quantitative estimate of drug-likeness (QED) is 0.645. The molecule has 108 valence electrons. The van der Waals surface area contributed by atoms with E-state index in [1.54, 1.807) is 24.0 Å². The van der Waals surface area contributed by atoms with Crippen molar-refractivity contribution in [2.45, 2.75) is 13.0 Å². The first-order valence-electron chi connectivity index (χ1n) is 6.53. The molecule has 20 heavy (non-hydrogen) atoms. The largest absolute Gasteiger partial charge is 0.368 e. The van der Waals surface area contributed by atoms with E-state index in [2.05, 4.69) is 0 Å². The summed E-state index contributed by atoms with van der Waals surface area (Å²) in [4.78, 5) is 25.9. The van der Waals surface area contributed by atoms with Crippen LogP contribution in [0.5, 0.6) is 0 Å². The molecule has 1 saturated heterocycles. The highest BCUT2D eigenvalue weighted by Crippen LogP contribution is 2.22. The molecule has 0 spiro atoms. The maximum absolute atomic E-state index is 11.8. The maximum atomic E-state index is 11.8. The molecule has 0 radical (unpaired) electrons. The average Bonchev–Trinajstić information content (AvgIpc) is 2.46. The van der Waals surface area contributed by atoms with Gasteiger partial charge in [0.2, 0.25) is 5.91 Å². The van der Waals surface area contributed by atoms with E-state index >= 15 is 0 Å². The smallest absolute Gasteiger partial charge is 0.271 e. The summed E-state index contributed by atoms with van der Waals surface area (Å²) in [6.45, 7) is 4.15. The minimum atomic E-state index is -0.487. The molecule has 1 atom stereocenters. The molecule has 0 aliphatic carbocycles. The summed E-state index contributed by atoms with van der Waals surface area (Å²) in [5.74, 6) is -0.0521. The first kappa shape index (κ1) is 14.3. The Bertz CT molecular complexity index is 510. The van der Waals surface area contributed by atoms with Crippen LogP contribution < -0.4 is 10.6 Å². The molecular formula is C13H18N4O3. The molecule has 1 aromatic rings. The Hall–Kier alpha value is -2.15. The zero-order valence-corrected chi connectivity index (χ0v) is 11.4. The molecule has 1 aliphatic heterocycles. The van der Waals surface area contributed by atoms with Crippen molar-refractivity contribution in [2.24, 2.45) is 5.73 Å². The van der Waals surface area contributed by atoms with E-state index in [1.807, 2.05) is 11.0 Å². The average molecular weight is 278 g/mol. The number of hydrogen-bond acceptors (Lipinski definition) is 5. The van der Waals surface area contributed by atoms with Crippen molar-refractivity contribution in [3.8, 4) is 0 Å². The zero-order chi connectivity index (χ0) is 14.7. The van der Waals surface area contributed by atoms with Gasteiger partial charge in [-0.2, -0.15) is 0 Å². The minimum Gasteiger partial charge on any atom is -0.368 e. The summed E-state index contributed by atoms with van der Waals surface area (Å²) in [6.07, 6.45) is 0. The number of carbonyl (C=O) groups is 1. The lowest BCUT2D eigenvalue weighted by atomic mass is 10.2. The van der Waals surface area contributed by atoms with Crippen molar-refractivity contribution in [3.63, 3.8) is 0 Å². The molecule has 7 heteroatoms. The third kappa shape index (κ3) is 3.05. The molecular weight excluding hydrogens is 260 g/mol. The van der Waals surface area contributed by atoms with Crippen molar-refractivity contribution < 1.29 is 9.72 Å². The van der Waals surface area contributed by atoms with Crippen LogP contribution in [-0.4, -0.2) is 48.0 Å². The van der Waals surface area contributed by atoms with Gasteiger partial charge in [0.15, 0.2) is 0 Å². The fraction of sp³-hybridized carbons (Fsp3) is 0.462. The number of anilines is 1. The molecule has 1 aromatic carbocycles. The number of non-ortho nitro benzene ring substituents is 1. The number of nitro benzene ring substituents is 1. The van der Waals surface area contributed by atoms with Crippen LogP contribution in [-0.2, 0) is 4.79 Å². The highest BCUT2D eigenvalue weighted by Gasteiger charge is 2.23. The number of nitro groups is 1. The second-order valence-electron chi connectivity index (χ2n) is 4.88. The zero-order valence-electron chi connectivity index (χ0n) is 11.4. The molecule has 1 aliphatic rings. The summed E-state index contributed by atoms with van der Waals surface area (Å²) in [7, 11) is 0. The van der Waals surface area contributed by atoms with Gasteiger partial charge in [0.25, 0.3) is 5.69 Å². The third-order valence-corrected chi connectivity index (χ3v) is 3.39. The Kier molecular flexibility index (Phi) is 4.19. The molecule has 2 N–H and O–H groups in total. The van der Waals surface area contributed by atoms with Crippen molar-refractivity contribution >= 4 is 17.3 Å². The van der Waals surface area contributed by atoms with Crippen molar-refractivity contribution in [1.29, 1.82) is 0 Å². The van der Waals surface area contributed by atoms with Crippen LogP contribution in [0.25, 0.3) is 0 Å². The molecule has 0 bridgehead atoms. The van der Waals surface area contributed by atoms with Gasteiger partial charge in [-0.05, 0) is 13.0 Å². The number of rotatable bonds is 3. The monoisotopic (exact) mass is 278 g/mol. The number of nitrogens with zero attached hydrogens (tertiary/aromatic N) is 3. The summed E-state index contributed by atoms with van der Waals surface area (Å²) < 4.78 is 0. The van der Waals surface area contributed by atoms with Gasteiger partial charge in [0.05, 0.1) is 11.0 Å². The number of benzene rings is 1. The number of nitrogens with two attached hydrogens (primary N) is 1. The maximum Gasteiger partial charge on any atom is 0.271 e. The van der Waals surface area contributed by atoms with E-state index in [9.17, 15) is 14.9 Å². The Morgan fingerprint density at radius 2 is 2.00 bits per heavy atom. The lowest BCUT2D eigenvalue weighted by molar-refractivity contribution is -0.384. The van der Waals surface area contributed by atoms with Crippen molar-refractivity contribution in [2.75, 3.05) is 31.1 Å². The van der Waals surface area contributed by atoms with Gasteiger partial charge in [-0.1, -0.05) is 6.07 Å². The SMILES string of the molecule is C[C@H](N)C(=O)N1CCN(c2cccc([N+](=O)[O-])c2)CC1. The fourth-order valence-corrected chi connectivity index (χ4v) is 2.28. The first-order valence-corrected chi connectivity index (χ1v) is 6.53. The van der Waals surface area contributed by atoms with E-state index in [0.29, 0.717) is 26.2 Å². The molecule has 1 amide bonds. The summed E-state index contributed by atoms with van der Waals surface area (Å²) in [6, 6.07) is 6.06. The summed E-state index contributed by atoms with van der Waals surface area (Å²) >= 11 is 0. The number of piperazine rings is 1. The topological polar surface area (TPSA) is 92.7 Å². The van der Waals surface area contributed by atoms with Crippen LogP contribution >= 0.6 is 0 Å². The van der Waals surface area contributed by atoms with Crippen LogP contribution in [0.1, 0.15) is 6.92 Å². The Labute approximate surface area is 117 Å². The fourth-order valence-electron chi connectivity index (χ4n) is 2.28. The highest BCUT2D eigenvalue weighted by molar-refractivity contribution is 5.81. The molecule has 7 nitrogen and oxygen atoms in total. The Morgan fingerprint density at radius 3 is 2.55 bits per heavy atom. The van der Waals surface area contributed by atoms with Crippen LogP contribution in [0.15, 0.2) is 24.3 Å². The van der Waals surface area contributed by atoms with Gasteiger partial charge in [-0.25, -0.2) is 0 Å². The van der Waals surface area contributed by atoms with Crippen LogP contribution in [0.4, 0.5) is 11.4 Å².